The van der Waals surface area contributed by atoms with Crippen LogP contribution in [0.25, 0.3) is 0 Å². The summed E-state index contributed by atoms with van der Waals surface area (Å²) >= 11 is 5.17. The zero-order valence-corrected chi connectivity index (χ0v) is 16.0. The summed E-state index contributed by atoms with van der Waals surface area (Å²) in [5.41, 5.74) is 1.31. The number of carbonyl (C=O) groups is 1. The predicted molar refractivity (Wildman–Crippen MR) is 100 cm³/mol. The van der Waals surface area contributed by atoms with Crippen molar-refractivity contribution in [2.75, 3.05) is 7.11 Å². The van der Waals surface area contributed by atoms with Crippen LogP contribution in [0, 0.1) is 10.1 Å². The fourth-order valence-corrected chi connectivity index (χ4v) is 3.10. The number of allylic oxidation sites excluding steroid dienone is 1. The van der Waals surface area contributed by atoms with E-state index in [0.717, 1.165) is 0 Å². The van der Waals surface area contributed by atoms with Crippen molar-refractivity contribution in [1.29, 1.82) is 0 Å². The minimum atomic E-state index is -0.623. The molecule has 0 fully saturated rings. The highest BCUT2D eigenvalue weighted by Gasteiger charge is 2.32. The van der Waals surface area contributed by atoms with Gasteiger partial charge < -0.3 is 20.1 Å². The van der Waals surface area contributed by atoms with Gasteiger partial charge in [-0.15, -0.1) is 0 Å². The number of benzene rings is 1. The van der Waals surface area contributed by atoms with Crippen molar-refractivity contribution in [3.05, 3.63) is 39.1 Å². The fourth-order valence-electron chi connectivity index (χ4n) is 2.83. The molecule has 140 valence electrons. The lowest BCUT2D eigenvalue weighted by atomic mass is 9.92. The number of rotatable bonds is 6. The smallest absolute Gasteiger partial charge is 0.315 e. The first-order valence-electron chi connectivity index (χ1n) is 7.97. The summed E-state index contributed by atoms with van der Waals surface area (Å²) in [6.45, 7) is 6.71. The zero-order valence-electron chi connectivity index (χ0n) is 15.2. The van der Waals surface area contributed by atoms with Crippen molar-refractivity contribution in [3.63, 3.8) is 0 Å². The van der Waals surface area contributed by atoms with Gasteiger partial charge in [-0.1, -0.05) is 0 Å². The number of carbonyl (C=O) groups excluding carboxylic acids is 1. The number of Topliss-reactive ketones (excluding diaryl/α,β-unsaturated/α-hetero) is 1. The SMILES string of the molecule is COc1cc(C2NC(=S)NC(C)=C2C(C)=O)cc([N+](=O)[O-])c1OC(C)C. The Balaban J connectivity index is 2.67. The molecule has 0 saturated heterocycles. The summed E-state index contributed by atoms with van der Waals surface area (Å²) in [5.74, 6) is 0.103. The predicted octanol–water partition coefficient (Wildman–Crippen LogP) is 2.77. The number of ketones is 1. The molecule has 2 N–H and O–H groups in total. The molecule has 1 aromatic carbocycles. The van der Waals surface area contributed by atoms with Gasteiger partial charge in [-0.3, -0.25) is 14.9 Å². The zero-order chi connectivity index (χ0) is 19.6. The number of nitro benzene ring substituents is 1. The van der Waals surface area contributed by atoms with Gasteiger partial charge in [-0.25, -0.2) is 0 Å². The molecule has 0 aliphatic carbocycles. The van der Waals surface area contributed by atoms with E-state index in [4.69, 9.17) is 21.7 Å². The second kappa shape index (κ2) is 7.69. The molecule has 1 aliphatic heterocycles. The van der Waals surface area contributed by atoms with Crippen LogP contribution in [-0.4, -0.2) is 29.0 Å². The molecule has 0 radical (unpaired) electrons. The number of thiocarbonyl (C=S) groups is 1. The lowest BCUT2D eigenvalue weighted by Gasteiger charge is -2.30. The third kappa shape index (κ3) is 3.93. The first kappa shape index (κ1) is 19.6. The molecule has 8 nitrogen and oxygen atoms in total. The summed E-state index contributed by atoms with van der Waals surface area (Å²) < 4.78 is 10.9. The number of nitro groups is 1. The molecule has 0 spiro atoms. The van der Waals surface area contributed by atoms with Crippen LogP contribution in [0.1, 0.15) is 39.3 Å². The van der Waals surface area contributed by atoms with Crippen LogP contribution in [0.2, 0.25) is 0 Å². The largest absolute Gasteiger partial charge is 0.493 e. The van der Waals surface area contributed by atoms with Crippen LogP contribution in [-0.2, 0) is 4.79 Å². The molecule has 1 aromatic rings. The quantitative estimate of drug-likeness (QED) is 0.442. The van der Waals surface area contributed by atoms with Gasteiger partial charge in [0.05, 0.1) is 24.2 Å². The summed E-state index contributed by atoms with van der Waals surface area (Å²) in [5, 5.41) is 17.8. The average Bonchev–Trinajstić information content (AvgIpc) is 2.52. The lowest BCUT2D eigenvalue weighted by molar-refractivity contribution is -0.386. The van der Waals surface area contributed by atoms with Gasteiger partial charge in [0.2, 0.25) is 5.75 Å². The topological polar surface area (TPSA) is 103 Å². The van der Waals surface area contributed by atoms with E-state index < -0.39 is 11.0 Å². The molecule has 1 atom stereocenters. The number of ether oxygens (including phenoxy) is 2. The summed E-state index contributed by atoms with van der Waals surface area (Å²) in [4.78, 5) is 23.2. The van der Waals surface area contributed by atoms with Crippen LogP contribution in [0.15, 0.2) is 23.4 Å². The minimum Gasteiger partial charge on any atom is -0.493 e. The van der Waals surface area contributed by atoms with Crippen LogP contribution in [0.3, 0.4) is 0 Å². The van der Waals surface area contributed by atoms with Crippen LogP contribution in [0.5, 0.6) is 11.5 Å². The van der Waals surface area contributed by atoms with Crippen LogP contribution >= 0.6 is 12.2 Å². The summed E-state index contributed by atoms with van der Waals surface area (Å²) in [7, 11) is 1.41. The molecule has 1 aliphatic rings. The van der Waals surface area contributed by atoms with Gasteiger partial charge in [-0.05, 0) is 51.5 Å². The maximum Gasteiger partial charge on any atom is 0.315 e. The molecule has 1 unspecified atom stereocenters. The summed E-state index contributed by atoms with van der Waals surface area (Å²) in [6, 6.07) is 2.37. The molecule has 0 amide bonds. The van der Waals surface area contributed by atoms with E-state index in [0.29, 0.717) is 21.9 Å². The Morgan fingerprint density at radius 2 is 2.04 bits per heavy atom. The second-order valence-corrected chi connectivity index (χ2v) is 6.53. The van der Waals surface area contributed by atoms with Crippen LogP contribution in [0.4, 0.5) is 5.69 Å². The van der Waals surface area contributed by atoms with Gasteiger partial charge >= 0.3 is 5.69 Å². The fraction of sp³-hybridized carbons (Fsp3) is 0.412. The molecule has 26 heavy (non-hydrogen) atoms. The second-order valence-electron chi connectivity index (χ2n) is 6.12. The first-order chi connectivity index (χ1) is 12.1. The molecule has 0 bridgehead atoms. The van der Waals surface area contributed by atoms with Gasteiger partial charge in [-0.2, -0.15) is 0 Å². The Hall–Kier alpha value is -2.68. The minimum absolute atomic E-state index is 0.0536. The van der Waals surface area contributed by atoms with Gasteiger partial charge in [0.15, 0.2) is 16.6 Å². The van der Waals surface area contributed by atoms with Gasteiger partial charge in [0, 0.05) is 17.3 Å². The highest BCUT2D eigenvalue weighted by atomic mass is 32.1. The molecule has 0 saturated carbocycles. The Morgan fingerprint density at radius 3 is 2.54 bits per heavy atom. The number of methoxy groups -OCH3 is 1. The highest BCUT2D eigenvalue weighted by molar-refractivity contribution is 7.80. The molecular weight excluding hydrogens is 358 g/mol. The van der Waals surface area contributed by atoms with Crippen molar-refractivity contribution < 1.29 is 19.2 Å². The Bertz CT molecular complexity index is 804. The monoisotopic (exact) mass is 379 g/mol. The van der Waals surface area contributed by atoms with E-state index >= 15 is 0 Å². The van der Waals surface area contributed by atoms with Gasteiger partial charge in [0.25, 0.3) is 0 Å². The maximum atomic E-state index is 12.1. The number of hydrogen-bond donors (Lipinski definition) is 2. The number of nitrogens with one attached hydrogen (secondary N) is 2. The van der Waals surface area contributed by atoms with E-state index in [1.54, 1.807) is 26.8 Å². The molecular formula is C17H21N3O5S. The standard InChI is InChI=1S/C17H21N3O5S/c1-8(2)25-16-12(20(22)23)6-11(7-13(16)24-5)15-14(10(4)21)9(3)18-17(26)19-15/h6-8,15H,1-5H3,(H2,18,19,26). The van der Waals surface area contributed by atoms with E-state index in [1.165, 1.54) is 20.1 Å². The molecule has 1 heterocycles. The van der Waals surface area contributed by atoms with E-state index in [1.807, 2.05) is 0 Å². The third-order valence-corrected chi connectivity index (χ3v) is 4.03. The van der Waals surface area contributed by atoms with Crippen molar-refractivity contribution in [3.8, 4) is 11.5 Å². The van der Waals surface area contributed by atoms with Crippen molar-refractivity contribution >= 4 is 28.8 Å². The van der Waals surface area contributed by atoms with Crippen molar-refractivity contribution in [2.24, 2.45) is 0 Å². The summed E-state index contributed by atoms with van der Waals surface area (Å²) in [6.07, 6.45) is -0.270. The Labute approximate surface area is 156 Å². The molecule has 9 heteroatoms. The molecule has 2 rings (SSSR count). The van der Waals surface area contributed by atoms with E-state index in [-0.39, 0.29) is 29.1 Å². The Morgan fingerprint density at radius 1 is 1.38 bits per heavy atom. The lowest BCUT2D eigenvalue weighted by Crippen LogP contribution is -2.44. The van der Waals surface area contributed by atoms with Crippen molar-refractivity contribution in [1.82, 2.24) is 10.6 Å². The van der Waals surface area contributed by atoms with E-state index in [9.17, 15) is 14.9 Å². The number of hydrogen-bond acceptors (Lipinski definition) is 6. The van der Waals surface area contributed by atoms with E-state index in [2.05, 4.69) is 10.6 Å². The van der Waals surface area contributed by atoms with Crippen LogP contribution < -0.4 is 20.1 Å². The maximum absolute atomic E-state index is 12.1. The average molecular weight is 379 g/mol. The van der Waals surface area contributed by atoms with Gasteiger partial charge in [0.1, 0.15) is 0 Å². The normalized spacial score (nSPS) is 16.8. The third-order valence-electron chi connectivity index (χ3n) is 3.81. The molecule has 0 aromatic heterocycles. The first-order valence-corrected chi connectivity index (χ1v) is 8.38. The number of nitrogens with zero attached hydrogens (tertiary/aromatic N) is 1. The Kier molecular flexibility index (Phi) is 5.81. The highest BCUT2D eigenvalue weighted by Crippen LogP contribution is 2.42. The van der Waals surface area contributed by atoms with Crippen molar-refractivity contribution in [2.45, 2.75) is 39.8 Å².